The second kappa shape index (κ2) is 7.19. The largest absolute Gasteiger partial charge is 0.480 e. The molecular formula is C9H21N3O3+2. The fraction of sp³-hybridized carbons (Fsp3) is 0.778. The van der Waals surface area contributed by atoms with Gasteiger partial charge in [0.15, 0.2) is 6.04 Å². The molecule has 0 saturated heterocycles. The molecule has 0 aliphatic rings. The number of amides is 1. The first-order valence-corrected chi connectivity index (χ1v) is 5.14. The smallest absolute Gasteiger partial charge is 0.326 e. The Bertz CT molecular complexity index is 219. The topological polar surface area (TPSA) is 122 Å². The molecule has 2 atom stereocenters. The van der Waals surface area contributed by atoms with Crippen molar-refractivity contribution in [2.75, 3.05) is 6.54 Å². The van der Waals surface area contributed by atoms with E-state index >= 15 is 0 Å². The number of carbonyl (C=O) groups excluding carboxylic acids is 1. The van der Waals surface area contributed by atoms with E-state index in [-0.39, 0.29) is 5.91 Å². The van der Waals surface area contributed by atoms with Gasteiger partial charge in [0.1, 0.15) is 6.04 Å². The Labute approximate surface area is 89.0 Å². The van der Waals surface area contributed by atoms with Crippen molar-refractivity contribution in [2.45, 2.75) is 38.3 Å². The van der Waals surface area contributed by atoms with Crippen molar-refractivity contribution in [3.63, 3.8) is 0 Å². The van der Waals surface area contributed by atoms with Gasteiger partial charge in [0.05, 0.1) is 6.54 Å². The van der Waals surface area contributed by atoms with Crippen LogP contribution in [0.2, 0.25) is 0 Å². The molecule has 0 aromatic rings. The minimum Gasteiger partial charge on any atom is -0.480 e. The van der Waals surface area contributed by atoms with Gasteiger partial charge in [-0.2, -0.15) is 0 Å². The zero-order chi connectivity index (χ0) is 11.8. The van der Waals surface area contributed by atoms with Crippen LogP contribution in [0.1, 0.15) is 26.2 Å². The summed E-state index contributed by atoms with van der Waals surface area (Å²) >= 11 is 0. The molecule has 8 N–H and O–H groups in total. The van der Waals surface area contributed by atoms with E-state index in [0.717, 1.165) is 19.4 Å². The number of hydrogen-bond acceptors (Lipinski definition) is 2. The maximum atomic E-state index is 11.2. The number of rotatable bonds is 7. The molecule has 0 bridgehead atoms. The van der Waals surface area contributed by atoms with Gasteiger partial charge in [-0.1, -0.05) is 0 Å². The molecular weight excluding hydrogens is 198 g/mol. The molecule has 0 aliphatic carbocycles. The van der Waals surface area contributed by atoms with E-state index in [2.05, 4.69) is 16.8 Å². The van der Waals surface area contributed by atoms with Crippen molar-refractivity contribution < 1.29 is 26.2 Å². The molecule has 0 fully saturated rings. The van der Waals surface area contributed by atoms with E-state index in [0.29, 0.717) is 6.42 Å². The van der Waals surface area contributed by atoms with Gasteiger partial charge >= 0.3 is 5.97 Å². The van der Waals surface area contributed by atoms with Crippen LogP contribution >= 0.6 is 0 Å². The summed E-state index contributed by atoms with van der Waals surface area (Å²) < 4.78 is 0. The summed E-state index contributed by atoms with van der Waals surface area (Å²) in [5.74, 6) is -1.31. The highest BCUT2D eigenvalue weighted by molar-refractivity contribution is 5.85. The Hall–Kier alpha value is -1.14. The maximum Gasteiger partial charge on any atom is 0.326 e. The van der Waals surface area contributed by atoms with E-state index < -0.39 is 18.1 Å². The van der Waals surface area contributed by atoms with E-state index in [4.69, 9.17) is 5.11 Å². The minimum absolute atomic E-state index is 0.322. The third-order valence-corrected chi connectivity index (χ3v) is 2.05. The third kappa shape index (κ3) is 6.03. The Morgan fingerprint density at radius 1 is 1.40 bits per heavy atom. The highest BCUT2D eigenvalue weighted by Crippen LogP contribution is 2.00. The predicted octanol–water partition coefficient (Wildman–Crippen LogP) is -2.40. The van der Waals surface area contributed by atoms with E-state index in [9.17, 15) is 9.59 Å². The first-order valence-electron chi connectivity index (χ1n) is 5.14. The number of carboxylic acid groups (broad SMARTS) is 1. The number of hydrogen-bond donors (Lipinski definition) is 4. The zero-order valence-electron chi connectivity index (χ0n) is 9.16. The summed E-state index contributed by atoms with van der Waals surface area (Å²) in [6, 6.07) is -1.23. The first-order chi connectivity index (χ1) is 6.99. The van der Waals surface area contributed by atoms with Gasteiger partial charge in [0.25, 0.3) is 5.91 Å². The fourth-order valence-corrected chi connectivity index (χ4v) is 1.10. The van der Waals surface area contributed by atoms with Crippen LogP contribution in [0, 0.1) is 0 Å². The molecule has 1 amide bonds. The minimum atomic E-state index is -0.993. The third-order valence-electron chi connectivity index (χ3n) is 2.05. The van der Waals surface area contributed by atoms with E-state index in [1.165, 1.54) is 0 Å². The predicted molar refractivity (Wildman–Crippen MR) is 53.5 cm³/mol. The van der Waals surface area contributed by atoms with Crippen LogP contribution in [0.15, 0.2) is 0 Å². The molecule has 0 rings (SSSR count). The van der Waals surface area contributed by atoms with E-state index in [1.807, 2.05) is 0 Å². The Morgan fingerprint density at radius 2 is 2.00 bits per heavy atom. The van der Waals surface area contributed by atoms with Crippen molar-refractivity contribution in [1.29, 1.82) is 0 Å². The molecule has 6 heteroatoms. The summed E-state index contributed by atoms with van der Waals surface area (Å²) in [4.78, 5) is 22.0. The van der Waals surface area contributed by atoms with Gasteiger partial charge in [0, 0.05) is 0 Å². The number of carboxylic acids is 1. The molecule has 0 radical (unpaired) electrons. The lowest BCUT2D eigenvalue weighted by Gasteiger charge is -2.14. The maximum absolute atomic E-state index is 11.2. The van der Waals surface area contributed by atoms with Crippen LogP contribution in [0.4, 0.5) is 0 Å². The van der Waals surface area contributed by atoms with Gasteiger partial charge in [-0.25, -0.2) is 4.79 Å². The molecule has 88 valence electrons. The molecule has 0 spiro atoms. The van der Waals surface area contributed by atoms with Crippen LogP contribution in [-0.2, 0) is 9.59 Å². The standard InChI is InChI=1S/C9H19N3O3/c1-6(11)8(13)12-7(9(14)15)4-2-3-5-10/h6-7H,2-5,10-11H2,1H3,(H,12,13)(H,14,15)/p+2. The Kier molecular flexibility index (Phi) is 6.64. The SMILES string of the molecule is CC([NH3+])C(=O)NC(CCCC[NH3+])C(=O)O. The molecule has 0 aromatic heterocycles. The summed E-state index contributed by atoms with van der Waals surface area (Å²) in [5.41, 5.74) is 7.20. The quantitative estimate of drug-likeness (QED) is 0.357. The number of nitrogens with one attached hydrogen (secondary N) is 1. The molecule has 0 heterocycles. The lowest BCUT2D eigenvalue weighted by atomic mass is 10.1. The number of carbonyl (C=O) groups is 2. The Balaban J connectivity index is 4.05. The number of quaternary nitrogens is 2. The van der Waals surface area contributed by atoms with Crippen LogP contribution in [0.5, 0.6) is 0 Å². The van der Waals surface area contributed by atoms with Crippen LogP contribution in [0.3, 0.4) is 0 Å². The van der Waals surface area contributed by atoms with Crippen molar-refractivity contribution in [2.24, 2.45) is 0 Å². The monoisotopic (exact) mass is 219 g/mol. The van der Waals surface area contributed by atoms with Crippen LogP contribution in [-0.4, -0.2) is 35.6 Å². The molecule has 6 nitrogen and oxygen atoms in total. The fourth-order valence-electron chi connectivity index (χ4n) is 1.10. The second-order valence-corrected chi connectivity index (χ2v) is 3.65. The average Bonchev–Trinajstić information content (AvgIpc) is 2.15. The molecule has 0 aromatic carbocycles. The van der Waals surface area contributed by atoms with Crippen molar-refractivity contribution >= 4 is 11.9 Å². The van der Waals surface area contributed by atoms with Gasteiger partial charge in [-0.3, -0.25) is 4.79 Å². The van der Waals surface area contributed by atoms with Crippen LogP contribution in [0.25, 0.3) is 0 Å². The van der Waals surface area contributed by atoms with Gasteiger partial charge in [-0.05, 0) is 26.2 Å². The lowest BCUT2D eigenvalue weighted by molar-refractivity contribution is -0.398. The Morgan fingerprint density at radius 3 is 2.40 bits per heavy atom. The normalized spacial score (nSPS) is 14.3. The highest BCUT2D eigenvalue weighted by atomic mass is 16.4. The van der Waals surface area contributed by atoms with Crippen molar-refractivity contribution in [3.8, 4) is 0 Å². The molecule has 0 aliphatic heterocycles. The van der Waals surface area contributed by atoms with Gasteiger partial charge in [-0.15, -0.1) is 0 Å². The number of unbranched alkanes of at least 4 members (excludes halogenated alkanes) is 1. The summed E-state index contributed by atoms with van der Waals surface area (Å²) in [5, 5.41) is 11.3. The average molecular weight is 219 g/mol. The number of aliphatic carboxylic acids is 1. The first kappa shape index (κ1) is 13.9. The second-order valence-electron chi connectivity index (χ2n) is 3.65. The summed E-state index contributed by atoms with van der Waals surface area (Å²) in [6.07, 6.45) is 2.08. The lowest BCUT2D eigenvalue weighted by Crippen LogP contribution is -2.67. The zero-order valence-corrected chi connectivity index (χ0v) is 9.16. The van der Waals surface area contributed by atoms with Gasteiger partial charge in [0.2, 0.25) is 0 Å². The van der Waals surface area contributed by atoms with Gasteiger partial charge < -0.3 is 21.9 Å². The van der Waals surface area contributed by atoms with Crippen molar-refractivity contribution in [1.82, 2.24) is 5.32 Å². The van der Waals surface area contributed by atoms with Crippen LogP contribution < -0.4 is 16.8 Å². The molecule has 0 saturated carbocycles. The molecule has 15 heavy (non-hydrogen) atoms. The van der Waals surface area contributed by atoms with Crippen molar-refractivity contribution in [3.05, 3.63) is 0 Å². The summed E-state index contributed by atoms with van der Waals surface area (Å²) in [7, 11) is 0. The summed E-state index contributed by atoms with van der Waals surface area (Å²) in [6.45, 7) is 2.41. The van der Waals surface area contributed by atoms with E-state index in [1.54, 1.807) is 6.92 Å². The highest BCUT2D eigenvalue weighted by Gasteiger charge is 2.22. The molecule has 2 unspecified atom stereocenters.